The van der Waals surface area contributed by atoms with Gasteiger partial charge in [0.2, 0.25) is 11.8 Å². The van der Waals surface area contributed by atoms with E-state index in [1.807, 2.05) is 17.0 Å². The minimum absolute atomic E-state index is 0.00603. The van der Waals surface area contributed by atoms with Crippen molar-refractivity contribution in [1.82, 2.24) is 19.9 Å². The summed E-state index contributed by atoms with van der Waals surface area (Å²) in [7, 11) is 0. The smallest absolute Gasteiger partial charge is 0.258 e. The Morgan fingerprint density at radius 2 is 2.00 bits per heavy atom. The Labute approximate surface area is 213 Å². The Hall–Kier alpha value is -3.46. The molecule has 2 aliphatic heterocycles. The van der Waals surface area contributed by atoms with Crippen LogP contribution in [0, 0.1) is 5.82 Å². The van der Waals surface area contributed by atoms with Crippen molar-refractivity contribution in [3.8, 4) is 23.0 Å². The zero-order chi connectivity index (χ0) is 25.2. The van der Waals surface area contributed by atoms with Crippen molar-refractivity contribution in [2.45, 2.75) is 45.1 Å². The highest BCUT2D eigenvalue weighted by molar-refractivity contribution is 6.30. The van der Waals surface area contributed by atoms with Gasteiger partial charge in [0, 0.05) is 62.6 Å². The van der Waals surface area contributed by atoms with E-state index in [1.54, 1.807) is 24.0 Å². The quantitative estimate of drug-likeness (QED) is 0.452. The largest absolute Gasteiger partial charge is 0.457 e. The minimum Gasteiger partial charge on any atom is -0.457 e. The second-order valence-electron chi connectivity index (χ2n) is 9.16. The number of amides is 2. The molecule has 0 N–H and O–H groups in total. The van der Waals surface area contributed by atoms with E-state index in [4.69, 9.17) is 20.9 Å². The third kappa shape index (κ3) is 5.21. The number of nitrogens with zero attached hydrogens (tertiary/aromatic N) is 4. The van der Waals surface area contributed by atoms with Crippen LogP contribution in [0.15, 0.2) is 40.9 Å². The van der Waals surface area contributed by atoms with Crippen LogP contribution in [0.5, 0.6) is 11.5 Å². The van der Waals surface area contributed by atoms with Crippen molar-refractivity contribution >= 4 is 23.4 Å². The molecule has 2 fully saturated rings. The summed E-state index contributed by atoms with van der Waals surface area (Å²) in [4.78, 5) is 32.0. The molecule has 8 nitrogen and oxygen atoms in total. The van der Waals surface area contributed by atoms with Crippen molar-refractivity contribution in [3.05, 3.63) is 58.6 Å². The molecule has 0 aliphatic carbocycles. The molecule has 0 unspecified atom stereocenters. The molecule has 0 saturated carbocycles. The van der Waals surface area contributed by atoms with E-state index in [0.717, 1.165) is 24.8 Å². The molecule has 2 saturated heterocycles. The first-order chi connectivity index (χ1) is 17.4. The summed E-state index contributed by atoms with van der Waals surface area (Å²) in [6.45, 7) is 3.99. The van der Waals surface area contributed by atoms with Crippen LogP contribution < -0.4 is 4.74 Å². The standard InChI is InChI=1S/C26H26ClFN4O4/c1-16(33)31-11-8-17(9-12-31)25-29-26(36-30-25)18-4-5-19(15-32-10-2-3-24(32)34)23(13-18)35-20-6-7-21(27)22(28)14-20/h4-7,13-14,17H,2-3,8-12,15H2,1H3. The Balaban J connectivity index is 1.40. The topological polar surface area (TPSA) is 88.8 Å². The minimum atomic E-state index is -0.584. The van der Waals surface area contributed by atoms with E-state index < -0.39 is 5.82 Å². The van der Waals surface area contributed by atoms with E-state index in [2.05, 4.69) is 10.1 Å². The normalized spacial score (nSPS) is 16.6. The molecule has 3 aromatic rings. The van der Waals surface area contributed by atoms with Gasteiger partial charge in [-0.05, 0) is 43.5 Å². The second-order valence-corrected chi connectivity index (χ2v) is 9.56. The summed E-state index contributed by atoms with van der Waals surface area (Å²) in [5.74, 6) is 1.41. The number of halogens is 2. The van der Waals surface area contributed by atoms with Gasteiger partial charge in [-0.15, -0.1) is 0 Å². The van der Waals surface area contributed by atoms with Crippen molar-refractivity contribution in [2.24, 2.45) is 0 Å². The fraction of sp³-hybridized carbons (Fsp3) is 0.385. The molecular formula is C26H26ClFN4O4. The van der Waals surface area contributed by atoms with Crippen LogP contribution in [0.4, 0.5) is 4.39 Å². The number of hydrogen-bond donors (Lipinski definition) is 0. The number of carbonyl (C=O) groups excluding carboxylic acids is 2. The predicted octanol–water partition coefficient (Wildman–Crippen LogP) is 5.17. The van der Waals surface area contributed by atoms with Crippen LogP contribution in [0.1, 0.15) is 49.9 Å². The van der Waals surface area contributed by atoms with E-state index in [-0.39, 0.29) is 28.5 Å². The van der Waals surface area contributed by atoms with Gasteiger partial charge in [0.1, 0.15) is 17.3 Å². The second kappa shape index (κ2) is 10.3. The molecule has 0 atom stereocenters. The Kier molecular flexibility index (Phi) is 6.91. The Bertz CT molecular complexity index is 1290. The SMILES string of the molecule is CC(=O)N1CCC(c2noc(-c3ccc(CN4CCCC4=O)c(Oc4ccc(Cl)c(F)c4)c3)n2)CC1. The van der Waals surface area contributed by atoms with Crippen LogP contribution in [0.2, 0.25) is 5.02 Å². The van der Waals surface area contributed by atoms with Crippen LogP contribution in [-0.4, -0.2) is 51.4 Å². The molecule has 0 bridgehead atoms. The third-order valence-electron chi connectivity index (χ3n) is 6.71. The molecule has 10 heteroatoms. The van der Waals surface area contributed by atoms with Gasteiger partial charge in [0.05, 0.1) is 5.02 Å². The monoisotopic (exact) mass is 512 g/mol. The van der Waals surface area contributed by atoms with Crippen molar-refractivity contribution < 1.29 is 23.2 Å². The first-order valence-corrected chi connectivity index (χ1v) is 12.4. The maximum Gasteiger partial charge on any atom is 0.258 e. The van der Waals surface area contributed by atoms with E-state index in [0.29, 0.717) is 55.6 Å². The zero-order valence-corrected chi connectivity index (χ0v) is 20.6. The van der Waals surface area contributed by atoms with Crippen molar-refractivity contribution in [3.63, 3.8) is 0 Å². The summed E-state index contributed by atoms with van der Waals surface area (Å²) in [5, 5.41) is 4.20. The van der Waals surface area contributed by atoms with Gasteiger partial charge >= 0.3 is 0 Å². The lowest BCUT2D eigenvalue weighted by atomic mass is 9.96. The Morgan fingerprint density at radius 1 is 1.19 bits per heavy atom. The van der Waals surface area contributed by atoms with Crippen molar-refractivity contribution in [1.29, 1.82) is 0 Å². The van der Waals surface area contributed by atoms with E-state index in [9.17, 15) is 14.0 Å². The molecule has 1 aromatic heterocycles. The lowest BCUT2D eigenvalue weighted by molar-refractivity contribution is -0.130. The number of hydrogen-bond acceptors (Lipinski definition) is 6. The highest BCUT2D eigenvalue weighted by Gasteiger charge is 2.27. The molecule has 2 aromatic carbocycles. The van der Waals surface area contributed by atoms with Gasteiger partial charge in [-0.2, -0.15) is 4.98 Å². The molecule has 2 aliphatic rings. The molecule has 5 rings (SSSR count). The number of rotatable bonds is 6. The molecule has 3 heterocycles. The highest BCUT2D eigenvalue weighted by atomic mass is 35.5. The number of aromatic nitrogens is 2. The lowest BCUT2D eigenvalue weighted by Gasteiger charge is -2.29. The predicted molar refractivity (Wildman–Crippen MR) is 130 cm³/mol. The van der Waals surface area contributed by atoms with E-state index >= 15 is 0 Å². The molecule has 36 heavy (non-hydrogen) atoms. The Morgan fingerprint density at radius 3 is 2.69 bits per heavy atom. The molecule has 188 valence electrons. The fourth-order valence-corrected chi connectivity index (χ4v) is 4.75. The molecule has 0 radical (unpaired) electrons. The van der Waals surface area contributed by atoms with Crippen LogP contribution in [-0.2, 0) is 16.1 Å². The van der Waals surface area contributed by atoms with Crippen LogP contribution in [0.3, 0.4) is 0 Å². The molecule has 0 spiro atoms. The number of carbonyl (C=O) groups is 2. The number of benzene rings is 2. The number of piperidine rings is 1. The summed E-state index contributed by atoms with van der Waals surface area (Å²) >= 11 is 5.82. The average molecular weight is 513 g/mol. The summed E-state index contributed by atoms with van der Waals surface area (Å²) in [6.07, 6.45) is 2.91. The third-order valence-corrected chi connectivity index (χ3v) is 7.02. The maximum atomic E-state index is 14.0. The zero-order valence-electron chi connectivity index (χ0n) is 19.9. The fourth-order valence-electron chi connectivity index (χ4n) is 4.63. The van der Waals surface area contributed by atoms with Gasteiger partial charge in [-0.3, -0.25) is 9.59 Å². The lowest BCUT2D eigenvalue weighted by Crippen LogP contribution is -2.36. The highest BCUT2D eigenvalue weighted by Crippen LogP contribution is 2.34. The van der Waals surface area contributed by atoms with Crippen molar-refractivity contribution in [2.75, 3.05) is 19.6 Å². The first kappa shape index (κ1) is 24.2. The maximum absolute atomic E-state index is 14.0. The number of ether oxygens (including phenoxy) is 1. The summed E-state index contributed by atoms with van der Waals surface area (Å²) in [5.41, 5.74) is 1.43. The van der Waals surface area contributed by atoms with Gasteiger partial charge in [-0.1, -0.05) is 22.8 Å². The number of likely N-dealkylation sites (tertiary alicyclic amines) is 2. The first-order valence-electron chi connectivity index (χ1n) is 12.0. The van der Waals surface area contributed by atoms with Crippen LogP contribution >= 0.6 is 11.6 Å². The molecular weight excluding hydrogens is 487 g/mol. The summed E-state index contributed by atoms with van der Waals surface area (Å²) in [6, 6.07) is 9.71. The summed E-state index contributed by atoms with van der Waals surface area (Å²) < 4.78 is 25.6. The van der Waals surface area contributed by atoms with Gasteiger partial charge in [0.25, 0.3) is 5.89 Å². The van der Waals surface area contributed by atoms with Gasteiger partial charge in [0.15, 0.2) is 5.82 Å². The van der Waals surface area contributed by atoms with Gasteiger partial charge in [-0.25, -0.2) is 4.39 Å². The molecule has 2 amide bonds. The van der Waals surface area contributed by atoms with Crippen LogP contribution in [0.25, 0.3) is 11.5 Å². The van der Waals surface area contributed by atoms with E-state index in [1.165, 1.54) is 12.1 Å². The average Bonchev–Trinajstić information content (AvgIpc) is 3.52. The van der Waals surface area contributed by atoms with Gasteiger partial charge < -0.3 is 19.1 Å².